The van der Waals surface area contributed by atoms with Crippen LogP contribution in [0.1, 0.15) is 59.8 Å². The van der Waals surface area contributed by atoms with Crippen molar-refractivity contribution in [2.75, 3.05) is 12.9 Å². The Bertz CT molecular complexity index is 867. The predicted molar refractivity (Wildman–Crippen MR) is 115 cm³/mol. The van der Waals surface area contributed by atoms with Gasteiger partial charge in [0.25, 0.3) is 10.1 Å². The quantitative estimate of drug-likeness (QED) is 0.385. The summed E-state index contributed by atoms with van der Waals surface area (Å²) in [6.45, 7) is 11.3. The second kappa shape index (κ2) is 7.96. The van der Waals surface area contributed by atoms with Gasteiger partial charge in [-0.15, -0.1) is 6.58 Å². The number of hydrogen-bond acceptors (Lipinski definition) is 7. The molecule has 3 rings (SSSR count). The third kappa shape index (κ3) is 3.89. The molecule has 1 N–H and O–H groups in total. The highest BCUT2D eigenvalue weighted by Gasteiger charge is 2.68. The van der Waals surface area contributed by atoms with Crippen LogP contribution in [0.3, 0.4) is 0 Å². The van der Waals surface area contributed by atoms with Crippen molar-refractivity contribution in [1.82, 2.24) is 0 Å². The van der Waals surface area contributed by atoms with Crippen LogP contribution in [0.2, 0.25) is 0 Å². The number of aliphatic hydroxyl groups excluding tert-OH is 1. The maximum absolute atomic E-state index is 13.3. The number of Topliss-reactive ketones (excluding diaryl/α,β-unsaturated/α-hetero) is 1. The minimum atomic E-state index is -3.79. The molecule has 176 valence electrons. The zero-order valence-electron chi connectivity index (χ0n) is 19.2. The van der Waals surface area contributed by atoms with Gasteiger partial charge in [-0.05, 0) is 42.9 Å². The van der Waals surface area contributed by atoms with Crippen molar-refractivity contribution in [2.24, 2.45) is 34.0 Å². The summed E-state index contributed by atoms with van der Waals surface area (Å²) in [5.74, 6) is -0.943. The van der Waals surface area contributed by atoms with E-state index < -0.39 is 45.7 Å². The molecule has 3 saturated carbocycles. The smallest absolute Gasteiger partial charge is 0.333 e. The van der Waals surface area contributed by atoms with Crippen LogP contribution < -0.4 is 0 Å². The SMILES string of the molecule is C=CC1(C)CC(OC(=O)COS(C)(=O)=O)C2(C)C(C)CCC3(CCC(=O)C32)C(C)C1O. The Morgan fingerprint density at radius 2 is 1.94 bits per heavy atom. The molecule has 7 nitrogen and oxygen atoms in total. The molecule has 0 amide bonds. The van der Waals surface area contributed by atoms with Crippen molar-refractivity contribution < 1.29 is 32.0 Å². The maximum atomic E-state index is 13.3. The predicted octanol–water partition coefficient (Wildman–Crippen LogP) is 2.87. The summed E-state index contributed by atoms with van der Waals surface area (Å²) >= 11 is 0. The van der Waals surface area contributed by atoms with Crippen molar-refractivity contribution in [3.05, 3.63) is 12.7 Å². The molecule has 8 heteroatoms. The normalized spacial score (nSPS) is 45.4. The Morgan fingerprint density at radius 3 is 2.52 bits per heavy atom. The van der Waals surface area contributed by atoms with Gasteiger partial charge >= 0.3 is 5.97 Å². The summed E-state index contributed by atoms with van der Waals surface area (Å²) in [4.78, 5) is 25.9. The molecule has 2 bridgehead atoms. The second-order valence-electron chi connectivity index (χ2n) is 10.5. The fraction of sp³-hybridized carbons (Fsp3) is 0.826. The fourth-order valence-corrected chi connectivity index (χ4v) is 7.16. The molecule has 31 heavy (non-hydrogen) atoms. The van der Waals surface area contributed by atoms with Crippen molar-refractivity contribution in [3.63, 3.8) is 0 Å². The lowest BCUT2D eigenvalue weighted by atomic mass is 9.44. The molecule has 3 aliphatic rings. The first-order valence-corrected chi connectivity index (χ1v) is 12.9. The Labute approximate surface area is 185 Å². The van der Waals surface area contributed by atoms with Crippen molar-refractivity contribution in [1.29, 1.82) is 0 Å². The number of ether oxygens (including phenoxy) is 1. The number of esters is 1. The lowest BCUT2D eigenvalue weighted by Crippen LogP contribution is -2.63. The van der Waals surface area contributed by atoms with Crippen LogP contribution >= 0.6 is 0 Å². The summed E-state index contributed by atoms with van der Waals surface area (Å²) < 4.78 is 33.1. The molecule has 0 saturated heterocycles. The van der Waals surface area contributed by atoms with Crippen molar-refractivity contribution >= 4 is 21.9 Å². The highest BCUT2D eigenvalue weighted by Crippen LogP contribution is 2.67. The van der Waals surface area contributed by atoms with Gasteiger partial charge in [-0.25, -0.2) is 4.79 Å². The van der Waals surface area contributed by atoms with Gasteiger partial charge in [-0.3, -0.25) is 8.98 Å². The van der Waals surface area contributed by atoms with Gasteiger partial charge in [0.1, 0.15) is 11.9 Å². The van der Waals surface area contributed by atoms with E-state index in [1.165, 1.54) is 0 Å². The van der Waals surface area contributed by atoms with Crippen LogP contribution in [0, 0.1) is 34.0 Å². The molecular formula is C23H36O7S. The lowest BCUT2D eigenvalue weighted by molar-refractivity contribution is -0.207. The molecule has 0 aromatic heterocycles. The summed E-state index contributed by atoms with van der Waals surface area (Å²) in [6, 6.07) is 0. The molecule has 0 aromatic carbocycles. The third-order valence-electron chi connectivity index (χ3n) is 8.97. The highest BCUT2D eigenvalue weighted by molar-refractivity contribution is 7.86. The van der Waals surface area contributed by atoms with E-state index in [1.807, 2.05) is 20.8 Å². The maximum Gasteiger partial charge on any atom is 0.333 e. The number of carbonyl (C=O) groups excluding carboxylic acids is 2. The minimum Gasteiger partial charge on any atom is -0.460 e. The fourth-order valence-electron chi connectivity index (χ4n) is 6.85. The largest absolute Gasteiger partial charge is 0.460 e. The molecule has 0 radical (unpaired) electrons. The average molecular weight is 457 g/mol. The Balaban J connectivity index is 2.08. The van der Waals surface area contributed by atoms with Crippen LogP contribution in [0.4, 0.5) is 0 Å². The highest BCUT2D eigenvalue weighted by atomic mass is 32.2. The molecule has 0 aliphatic heterocycles. The Kier molecular flexibility index (Phi) is 6.26. The van der Waals surface area contributed by atoms with Crippen molar-refractivity contribution in [3.8, 4) is 0 Å². The van der Waals surface area contributed by atoms with Gasteiger partial charge in [-0.1, -0.05) is 33.8 Å². The van der Waals surface area contributed by atoms with Crippen LogP contribution in [0.25, 0.3) is 0 Å². The standard InChI is InChI=1S/C23H36O7S/c1-7-21(4)12-17(30-18(25)13-29-31(6,27)28)22(5)14(2)8-10-23(15(3)20(21)26)11-9-16(24)19(22)23/h7,14-15,17,19-20,26H,1,8-13H2,2-6H3. The van der Waals surface area contributed by atoms with E-state index in [0.717, 1.165) is 25.5 Å². The zero-order chi connectivity index (χ0) is 23.4. The summed E-state index contributed by atoms with van der Waals surface area (Å²) in [6.07, 6.45) is 4.37. The van der Waals surface area contributed by atoms with Gasteiger partial charge in [0.05, 0.1) is 12.4 Å². The lowest BCUT2D eigenvalue weighted by Gasteiger charge is -2.61. The summed E-state index contributed by atoms with van der Waals surface area (Å²) in [5.41, 5.74) is -1.72. The number of aliphatic hydroxyl groups is 1. The van der Waals surface area contributed by atoms with Gasteiger partial charge in [0.15, 0.2) is 6.61 Å². The Hall–Kier alpha value is -1.25. The van der Waals surface area contributed by atoms with E-state index in [0.29, 0.717) is 12.8 Å². The van der Waals surface area contributed by atoms with Crippen LogP contribution in [0.5, 0.6) is 0 Å². The van der Waals surface area contributed by atoms with E-state index in [-0.39, 0.29) is 29.0 Å². The monoisotopic (exact) mass is 456 g/mol. The van der Waals surface area contributed by atoms with Crippen LogP contribution in [-0.4, -0.2) is 50.3 Å². The zero-order valence-corrected chi connectivity index (χ0v) is 20.0. The van der Waals surface area contributed by atoms with Crippen molar-refractivity contribution in [2.45, 2.75) is 72.0 Å². The summed E-state index contributed by atoms with van der Waals surface area (Å²) in [5, 5.41) is 11.4. The number of ketones is 1. The molecule has 8 atom stereocenters. The number of carbonyl (C=O) groups is 2. The first-order valence-electron chi connectivity index (χ1n) is 11.1. The molecular weight excluding hydrogens is 420 g/mol. The molecule has 0 heterocycles. The molecule has 8 unspecified atom stereocenters. The summed E-state index contributed by atoms with van der Waals surface area (Å²) in [7, 11) is -3.79. The van der Waals surface area contributed by atoms with Gasteiger partial charge in [0, 0.05) is 23.2 Å². The molecule has 3 aliphatic carbocycles. The van der Waals surface area contributed by atoms with E-state index in [9.17, 15) is 23.1 Å². The number of rotatable bonds is 5. The number of hydrogen-bond donors (Lipinski definition) is 1. The van der Waals surface area contributed by atoms with E-state index in [4.69, 9.17) is 4.74 Å². The van der Waals surface area contributed by atoms with Crippen LogP contribution in [-0.2, 0) is 28.6 Å². The molecule has 0 aromatic rings. The topological polar surface area (TPSA) is 107 Å². The first-order chi connectivity index (χ1) is 14.2. The Morgan fingerprint density at radius 1 is 1.29 bits per heavy atom. The average Bonchev–Trinajstić information content (AvgIpc) is 3.05. The van der Waals surface area contributed by atoms with Gasteiger partial charge in [-0.2, -0.15) is 8.42 Å². The van der Waals surface area contributed by atoms with Crippen LogP contribution in [0.15, 0.2) is 12.7 Å². The third-order valence-corrected chi connectivity index (χ3v) is 9.51. The molecule has 3 fully saturated rings. The van der Waals surface area contributed by atoms with E-state index in [2.05, 4.69) is 17.7 Å². The first kappa shape index (κ1) is 24.4. The van der Waals surface area contributed by atoms with E-state index in [1.54, 1.807) is 6.08 Å². The minimum absolute atomic E-state index is 0.107. The van der Waals surface area contributed by atoms with E-state index >= 15 is 0 Å². The second-order valence-corrected chi connectivity index (χ2v) is 12.2. The molecule has 0 spiro atoms. The van der Waals surface area contributed by atoms with Gasteiger partial charge < -0.3 is 9.84 Å². The van der Waals surface area contributed by atoms with Gasteiger partial charge in [0.2, 0.25) is 0 Å².